The van der Waals surface area contributed by atoms with Crippen LogP contribution in [0.5, 0.6) is 5.75 Å². The van der Waals surface area contributed by atoms with E-state index in [1.807, 2.05) is 51.1 Å². The van der Waals surface area contributed by atoms with Crippen molar-refractivity contribution in [2.24, 2.45) is 0 Å². The maximum absolute atomic E-state index is 10.5. The Bertz CT molecular complexity index is 544. The van der Waals surface area contributed by atoms with Gasteiger partial charge in [0.1, 0.15) is 11.9 Å². The van der Waals surface area contributed by atoms with Gasteiger partial charge in [-0.05, 0) is 54.4 Å². The molecule has 1 aromatic heterocycles. The van der Waals surface area contributed by atoms with Crippen molar-refractivity contribution in [2.75, 3.05) is 0 Å². The third kappa shape index (κ3) is 3.38. The smallest absolute Gasteiger partial charge is 0.125 e. The van der Waals surface area contributed by atoms with Gasteiger partial charge in [-0.15, -0.1) is 11.3 Å². The van der Waals surface area contributed by atoms with E-state index in [2.05, 4.69) is 15.9 Å². The minimum absolute atomic E-state index is 0.0881. The predicted octanol–water partition coefficient (Wildman–Crippen LogP) is 4.69. The molecule has 0 aliphatic carbocycles. The predicted molar refractivity (Wildman–Crippen MR) is 83.0 cm³/mol. The van der Waals surface area contributed by atoms with Gasteiger partial charge < -0.3 is 9.84 Å². The van der Waals surface area contributed by atoms with E-state index in [4.69, 9.17) is 4.74 Å². The first-order chi connectivity index (χ1) is 8.99. The maximum Gasteiger partial charge on any atom is 0.125 e. The normalized spacial score (nSPS) is 12.7. The van der Waals surface area contributed by atoms with Crippen LogP contribution in [-0.2, 0) is 0 Å². The summed E-state index contributed by atoms with van der Waals surface area (Å²) in [7, 11) is 0. The highest BCUT2D eigenvalue weighted by molar-refractivity contribution is 9.11. The van der Waals surface area contributed by atoms with Crippen molar-refractivity contribution >= 4 is 27.3 Å². The lowest BCUT2D eigenvalue weighted by Crippen LogP contribution is -2.09. The number of ether oxygens (including phenoxy) is 1. The topological polar surface area (TPSA) is 29.5 Å². The molecule has 102 valence electrons. The second kappa shape index (κ2) is 6.07. The number of aliphatic hydroxyl groups is 1. The summed E-state index contributed by atoms with van der Waals surface area (Å²) in [6.07, 6.45) is -0.560. The first kappa shape index (κ1) is 14.6. The van der Waals surface area contributed by atoms with Crippen molar-refractivity contribution in [1.82, 2.24) is 0 Å². The molecule has 19 heavy (non-hydrogen) atoms. The summed E-state index contributed by atoms with van der Waals surface area (Å²) in [4.78, 5) is 0.921. The lowest BCUT2D eigenvalue weighted by atomic mass is 10.1. The van der Waals surface area contributed by atoms with Crippen LogP contribution in [0.15, 0.2) is 34.1 Å². The van der Waals surface area contributed by atoms with Gasteiger partial charge in [-0.3, -0.25) is 0 Å². The number of thiophene rings is 1. The zero-order valence-corrected chi connectivity index (χ0v) is 13.6. The van der Waals surface area contributed by atoms with Crippen LogP contribution in [0.1, 0.15) is 36.0 Å². The Morgan fingerprint density at radius 1 is 1.26 bits per heavy atom. The standard InChI is InChI=1S/C15H17BrO2S/c1-9(2)18-12-7-5-4-6-11(12)14(17)13-8-10(3)15(16)19-13/h4-9,14,17H,1-3H3. The van der Waals surface area contributed by atoms with Crippen molar-refractivity contribution in [3.05, 3.63) is 50.1 Å². The number of hydrogen-bond acceptors (Lipinski definition) is 3. The Balaban J connectivity index is 2.35. The van der Waals surface area contributed by atoms with Crippen LogP contribution in [0.2, 0.25) is 0 Å². The molecule has 1 unspecified atom stereocenters. The number of rotatable bonds is 4. The SMILES string of the molecule is Cc1cc(C(O)c2ccccc2OC(C)C)sc1Br. The lowest BCUT2D eigenvalue weighted by Gasteiger charge is -2.17. The van der Waals surface area contributed by atoms with E-state index in [0.29, 0.717) is 0 Å². The Hall–Kier alpha value is -0.840. The first-order valence-corrected chi connectivity index (χ1v) is 7.79. The van der Waals surface area contributed by atoms with Crippen LogP contribution in [0.3, 0.4) is 0 Å². The minimum Gasteiger partial charge on any atom is -0.491 e. The third-order valence-electron chi connectivity index (χ3n) is 2.72. The number of aryl methyl sites for hydroxylation is 1. The molecule has 1 aromatic carbocycles. The van der Waals surface area contributed by atoms with Crippen LogP contribution in [0, 0.1) is 6.92 Å². The van der Waals surface area contributed by atoms with E-state index in [0.717, 1.165) is 25.5 Å². The Morgan fingerprint density at radius 2 is 1.95 bits per heavy atom. The van der Waals surface area contributed by atoms with E-state index in [1.54, 1.807) is 11.3 Å². The van der Waals surface area contributed by atoms with E-state index < -0.39 is 6.10 Å². The fraction of sp³-hybridized carbons (Fsp3) is 0.333. The number of aliphatic hydroxyl groups excluding tert-OH is 1. The van der Waals surface area contributed by atoms with E-state index in [9.17, 15) is 5.11 Å². The van der Waals surface area contributed by atoms with E-state index in [1.165, 1.54) is 0 Å². The maximum atomic E-state index is 10.5. The molecule has 1 atom stereocenters. The molecule has 4 heteroatoms. The van der Waals surface area contributed by atoms with Crippen molar-refractivity contribution in [1.29, 1.82) is 0 Å². The summed E-state index contributed by atoms with van der Waals surface area (Å²) in [5, 5.41) is 10.5. The number of halogens is 1. The average molecular weight is 341 g/mol. The summed E-state index contributed by atoms with van der Waals surface area (Å²) in [6, 6.07) is 9.65. The molecule has 0 amide bonds. The second-order valence-electron chi connectivity index (χ2n) is 4.71. The summed E-state index contributed by atoms with van der Waals surface area (Å²) < 4.78 is 6.82. The number of para-hydroxylation sites is 1. The molecule has 0 saturated carbocycles. The van der Waals surface area contributed by atoms with Crippen LogP contribution in [-0.4, -0.2) is 11.2 Å². The number of benzene rings is 1. The van der Waals surface area contributed by atoms with Crippen LogP contribution in [0.25, 0.3) is 0 Å². The molecule has 0 spiro atoms. The molecule has 0 aliphatic heterocycles. The summed E-state index contributed by atoms with van der Waals surface area (Å²) in [5.74, 6) is 0.743. The third-order valence-corrected chi connectivity index (χ3v) is 4.91. The summed E-state index contributed by atoms with van der Waals surface area (Å²) in [5.41, 5.74) is 1.95. The molecule has 0 aliphatic rings. The van der Waals surface area contributed by atoms with Crippen LogP contribution >= 0.6 is 27.3 Å². The molecule has 2 nitrogen and oxygen atoms in total. The highest BCUT2D eigenvalue weighted by Gasteiger charge is 2.18. The van der Waals surface area contributed by atoms with E-state index >= 15 is 0 Å². The first-order valence-electron chi connectivity index (χ1n) is 6.18. The number of hydrogen-bond donors (Lipinski definition) is 1. The largest absolute Gasteiger partial charge is 0.491 e. The van der Waals surface area contributed by atoms with Gasteiger partial charge in [0.05, 0.1) is 9.89 Å². The minimum atomic E-state index is -0.648. The summed E-state index contributed by atoms with van der Waals surface area (Å²) >= 11 is 5.05. The average Bonchev–Trinajstić information content (AvgIpc) is 2.69. The Labute approximate surface area is 126 Å². The molecule has 2 rings (SSSR count). The van der Waals surface area contributed by atoms with Gasteiger partial charge in [0.2, 0.25) is 0 Å². The molecule has 1 heterocycles. The van der Waals surface area contributed by atoms with Gasteiger partial charge in [-0.2, -0.15) is 0 Å². The molecule has 1 N–H and O–H groups in total. The molecule has 0 saturated heterocycles. The van der Waals surface area contributed by atoms with Gasteiger partial charge in [0, 0.05) is 10.4 Å². The van der Waals surface area contributed by atoms with Gasteiger partial charge in [0.15, 0.2) is 0 Å². The van der Waals surface area contributed by atoms with Gasteiger partial charge in [0.25, 0.3) is 0 Å². The zero-order chi connectivity index (χ0) is 14.0. The van der Waals surface area contributed by atoms with Crippen molar-refractivity contribution in [2.45, 2.75) is 33.0 Å². The van der Waals surface area contributed by atoms with Gasteiger partial charge in [-0.25, -0.2) is 0 Å². The molecular formula is C15H17BrO2S. The highest BCUT2D eigenvalue weighted by atomic mass is 79.9. The van der Waals surface area contributed by atoms with Crippen LogP contribution in [0.4, 0.5) is 0 Å². The second-order valence-corrected chi connectivity index (χ2v) is 7.11. The molecule has 0 fully saturated rings. The lowest BCUT2D eigenvalue weighted by molar-refractivity contribution is 0.200. The van der Waals surface area contributed by atoms with Gasteiger partial charge >= 0.3 is 0 Å². The molecule has 0 radical (unpaired) electrons. The van der Waals surface area contributed by atoms with Crippen LogP contribution < -0.4 is 4.74 Å². The fourth-order valence-corrected chi connectivity index (χ4v) is 3.42. The molecule has 0 bridgehead atoms. The van der Waals surface area contributed by atoms with Crippen molar-refractivity contribution in [3.63, 3.8) is 0 Å². The van der Waals surface area contributed by atoms with Gasteiger partial charge in [-0.1, -0.05) is 18.2 Å². The Kier molecular flexibility index (Phi) is 4.66. The van der Waals surface area contributed by atoms with E-state index in [-0.39, 0.29) is 6.10 Å². The molecular weight excluding hydrogens is 324 g/mol. The quantitative estimate of drug-likeness (QED) is 0.874. The zero-order valence-electron chi connectivity index (χ0n) is 11.2. The van der Waals surface area contributed by atoms with Crippen molar-refractivity contribution < 1.29 is 9.84 Å². The fourth-order valence-electron chi connectivity index (χ4n) is 1.84. The monoisotopic (exact) mass is 340 g/mol. The van der Waals surface area contributed by atoms with Crippen molar-refractivity contribution in [3.8, 4) is 5.75 Å². The Morgan fingerprint density at radius 3 is 2.53 bits per heavy atom. The summed E-state index contributed by atoms with van der Waals surface area (Å²) in [6.45, 7) is 5.98. The highest BCUT2D eigenvalue weighted by Crippen LogP contribution is 2.37. The molecule has 2 aromatic rings.